The summed E-state index contributed by atoms with van der Waals surface area (Å²) in [6.45, 7) is 4.34. The van der Waals surface area contributed by atoms with Crippen molar-refractivity contribution >= 4 is 28.4 Å². The Morgan fingerprint density at radius 3 is 2.35 bits per heavy atom. The molecule has 0 amide bonds. The summed E-state index contributed by atoms with van der Waals surface area (Å²) in [5.41, 5.74) is 7.81. The van der Waals surface area contributed by atoms with Crippen LogP contribution in [-0.2, 0) is 10.2 Å². The number of aliphatic hydroxyl groups is 1. The molecule has 2 unspecified atom stereocenters. The summed E-state index contributed by atoms with van der Waals surface area (Å²) < 4.78 is 0. The summed E-state index contributed by atoms with van der Waals surface area (Å²) in [5, 5.41) is 11.3. The first-order chi connectivity index (χ1) is 16.4. The predicted octanol–water partition coefficient (Wildman–Crippen LogP) is 5.45. The van der Waals surface area contributed by atoms with Gasteiger partial charge in [0.1, 0.15) is 0 Å². The third-order valence-corrected chi connectivity index (χ3v) is 7.44. The molecule has 0 bridgehead atoms. The van der Waals surface area contributed by atoms with Crippen molar-refractivity contribution in [3.05, 3.63) is 113 Å². The number of ketones is 1. The van der Waals surface area contributed by atoms with E-state index in [0.29, 0.717) is 5.57 Å². The Morgan fingerprint density at radius 1 is 0.941 bits per heavy atom. The van der Waals surface area contributed by atoms with Gasteiger partial charge in [-0.25, -0.2) is 4.99 Å². The molecule has 4 nitrogen and oxygen atoms in total. The van der Waals surface area contributed by atoms with Gasteiger partial charge in [0.05, 0.1) is 23.4 Å². The molecule has 3 aromatic carbocycles. The van der Waals surface area contributed by atoms with Crippen molar-refractivity contribution in [2.45, 2.75) is 25.4 Å². The van der Waals surface area contributed by atoms with E-state index in [1.165, 1.54) is 5.56 Å². The number of likely N-dealkylation sites (N-methyl/N-ethyl adjacent to an activating group) is 1. The number of carbonyl (C=O) groups is 1. The fourth-order valence-electron chi connectivity index (χ4n) is 5.63. The zero-order valence-electron chi connectivity index (χ0n) is 19.5. The van der Waals surface area contributed by atoms with Gasteiger partial charge in [0, 0.05) is 46.1 Å². The minimum Gasteiger partial charge on any atom is -0.387 e. The second-order valence-electron chi connectivity index (χ2n) is 9.72. The Labute approximate surface area is 199 Å². The van der Waals surface area contributed by atoms with Crippen molar-refractivity contribution in [3.8, 4) is 0 Å². The molecule has 2 aliphatic heterocycles. The van der Waals surface area contributed by atoms with E-state index in [0.717, 1.165) is 39.5 Å². The van der Waals surface area contributed by atoms with Gasteiger partial charge >= 0.3 is 0 Å². The maximum Gasteiger partial charge on any atom is 0.172 e. The number of benzene rings is 3. The Morgan fingerprint density at radius 2 is 1.62 bits per heavy atom. The molecule has 0 aromatic heterocycles. The van der Waals surface area contributed by atoms with E-state index in [2.05, 4.69) is 30.9 Å². The highest BCUT2D eigenvalue weighted by Crippen LogP contribution is 2.49. The number of carbonyl (C=O) groups excluding carboxylic acids is 1. The Hall–Kier alpha value is -3.76. The molecule has 6 rings (SSSR count). The number of rotatable bonds is 2. The van der Waals surface area contributed by atoms with Gasteiger partial charge in [-0.15, -0.1) is 0 Å². The minimum atomic E-state index is -0.872. The van der Waals surface area contributed by atoms with Crippen molar-refractivity contribution in [2.24, 2.45) is 10.9 Å². The molecule has 1 saturated carbocycles. The van der Waals surface area contributed by atoms with E-state index in [1.54, 1.807) is 0 Å². The number of anilines is 1. The van der Waals surface area contributed by atoms with Crippen LogP contribution in [0.3, 0.4) is 0 Å². The summed E-state index contributed by atoms with van der Waals surface area (Å²) in [6.07, 6.45) is 1.10. The lowest BCUT2D eigenvalue weighted by molar-refractivity contribution is -0.127. The summed E-state index contributed by atoms with van der Waals surface area (Å²) >= 11 is 0. The number of hydrogen-bond acceptors (Lipinski definition) is 4. The topological polar surface area (TPSA) is 52.9 Å². The van der Waals surface area contributed by atoms with E-state index in [9.17, 15) is 9.90 Å². The molecule has 168 valence electrons. The highest BCUT2D eigenvalue weighted by Gasteiger charge is 2.49. The number of allylic oxidation sites excluding steroid dienone is 2. The quantitative estimate of drug-likeness (QED) is 0.533. The van der Waals surface area contributed by atoms with Crippen molar-refractivity contribution in [1.29, 1.82) is 0 Å². The lowest BCUT2D eigenvalue weighted by Gasteiger charge is -2.36. The van der Waals surface area contributed by atoms with Gasteiger partial charge in [0.15, 0.2) is 5.78 Å². The van der Waals surface area contributed by atoms with E-state index in [1.807, 2.05) is 79.9 Å². The molecule has 3 aromatic rings. The SMILES string of the molecule is CN1C(=CC2C(=O)C(=C3C(c4ccccc4)=Nc4ccccc43)C2O)C(C)(C)c2ccccc21. The lowest BCUT2D eigenvalue weighted by Crippen LogP contribution is -2.46. The van der Waals surface area contributed by atoms with Crippen LogP contribution in [0, 0.1) is 5.92 Å². The van der Waals surface area contributed by atoms with Crippen LogP contribution < -0.4 is 4.90 Å². The first-order valence-corrected chi connectivity index (χ1v) is 11.7. The molecule has 1 aliphatic carbocycles. The lowest BCUT2D eigenvalue weighted by atomic mass is 9.69. The van der Waals surface area contributed by atoms with Gasteiger partial charge < -0.3 is 10.0 Å². The summed E-state index contributed by atoms with van der Waals surface area (Å²) in [7, 11) is 2.03. The van der Waals surface area contributed by atoms with E-state index < -0.39 is 12.0 Å². The van der Waals surface area contributed by atoms with Crippen LogP contribution in [0.25, 0.3) is 5.57 Å². The smallest absolute Gasteiger partial charge is 0.172 e. The summed E-state index contributed by atoms with van der Waals surface area (Å²) in [6, 6.07) is 26.0. The largest absolute Gasteiger partial charge is 0.387 e. The highest BCUT2D eigenvalue weighted by molar-refractivity contribution is 6.40. The first kappa shape index (κ1) is 20.8. The molecule has 34 heavy (non-hydrogen) atoms. The fourth-order valence-corrected chi connectivity index (χ4v) is 5.63. The van der Waals surface area contributed by atoms with Gasteiger partial charge in [0.25, 0.3) is 0 Å². The molecular formula is C30H26N2O2. The highest BCUT2D eigenvalue weighted by atomic mass is 16.3. The molecule has 2 heterocycles. The molecule has 0 saturated heterocycles. The van der Waals surface area contributed by atoms with Crippen LogP contribution in [0.4, 0.5) is 11.4 Å². The molecule has 0 spiro atoms. The molecular weight excluding hydrogens is 420 g/mol. The molecule has 1 N–H and O–H groups in total. The maximum atomic E-state index is 13.6. The van der Waals surface area contributed by atoms with E-state index in [4.69, 9.17) is 4.99 Å². The standard InChI is InChI=1S/C30H26N2O2/c1-30(2)21-14-8-10-16-23(21)32(3)24(30)17-20-28(33)26(29(20)34)25-19-13-7-9-15-22(19)31-27(25)18-11-5-4-6-12-18/h4-17,20,28,33H,1-3H3. The van der Waals surface area contributed by atoms with Crippen LogP contribution in [0.5, 0.6) is 0 Å². The van der Waals surface area contributed by atoms with Gasteiger partial charge in [-0.3, -0.25) is 4.79 Å². The zero-order valence-corrected chi connectivity index (χ0v) is 19.5. The molecule has 1 fully saturated rings. The van der Waals surface area contributed by atoms with Crippen molar-refractivity contribution in [3.63, 3.8) is 0 Å². The van der Waals surface area contributed by atoms with Crippen molar-refractivity contribution < 1.29 is 9.90 Å². The second-order valence-corrected chi connectivity index (χ2v) is 9.72. The minimum absolute atomic E-state index is 0.0320. The number of Topliss-reactive ketones (excluding diaryl/α,β-unsaturated/α-hetero) is 1. The monoisotopic (exact) mass is 446 g/mol. The Balaban J connectivity index is 1.43. The van der Waals surface area contributed by atoms with Gasteiger partial charge in [-0.05, 0) is 17.7 Å². The third kappa shape index (κ3) is 2.82. The Kier molecular flexibility index (Phi) is 4.51. The average Bonchev–Trinajstić information content (AvgIpc) is 3.32. The van der Waals surface area contributed by atoms with Crippen molar-refractivity contribution in [1.82, 2.24) is 0 Å². The van der Waals surface area contributed by atoms with Crippen LogP contribution in [0.2, 0.25) is 0 Å². The van der Waals surface area contributed by atoms with E-state index >= 15 is 0 Å². The molecule has 3 aliphatic rings. The molecule has 4 heteroatoms. The average molecular weight is 447 g/mol. The number of fused-ring (bicyclic) bond motifs is 2. The summed E-state index contributed by atoms with van der Waals surface area (Å²) in [4.78, 5) is 20.6. The van der Waals surface area contributed by atoms with Crippen LogP contribution in [0.15, 0.2) is 101 Å². The van der Waals surface area contributed by atoms with E-state index in [-0.39, 0.29) is 11.2 Å². The van der Waals surface area contributed by atoms with Gasteiger partial charge in [0.2, 0.25) is 0 Å². The number of hydrogen-bond donors (Lipinski definition) is 1. The normalized spacial score (nSPS) is 25.8. The number of aliphatic imine (C=N–C) groups is 1. The van der Waals surface area contributed by atoms with Crippen LogP contribution >= 0.6 is 0 Å². The van der Waals surface area contributed by atoms with Gasteiger partial charge in [-0.1, -0.05) is 86.7 Å². The number of aliphatic hydroxyl groups excluding tert-OH is 1. The third-order valence-electron chi connectivity index (χ3n) is 7.44. The van der Waals surface area contributed by atoms with Crippen LogP contribution in [-0.4, -0.2) is 29.8 Å². The maximum absolute atomic E-state index is 13.6. The van der Waals surface area contributed by atoms with Crippen molar-refractivity contribution in [2.75, 3.05) is 11.9 Å². The zero-order chi connectivity index (χ0) is 23.6. The van der Waals surface area contributed by atoms with Gasteiger partial charge in [-0.2, -0.15) is 0 Å². The molecule has 0 radical (unpaired) electrons. The summed E-state index contributed by atoms with van der Waals surface area (Å²) in [5.74, 6) is -0.603. The Bertz CT molecular complexity index is 1430. The molecule has 2 atom stereocenters. The number of nitrogens with zero attached hydrogens (tertiary/aromatic N) is 2. The fraction of sp³-hybridized carbons (Fsp3) is 0.200. The predicted molar refractivity (Wildman–Crippen MR) is 136 cm³/mol. The van der Waals surface area contributed by atoms with Crippen LogP contribution in [0.1, 0.15) is 30.5 Å². The first-order valence-electron chi connectivity index (χ1n) is 11.7. The number of para-hydroxylation sites is 2. The second kappa shape index (κ2) is 7.37.